The van der Waals surface area contributed by atoms with Gasteiger partial charge in [-0.15, -0.1) is 11.3 Å². The predicted octanol–water partition coefficient (Wildman–Crippen LogP) is 3.26. The number of phenols is 1. The van der Waals surface area contributed by atoms with E-state index in [0.717, 1.165) is 50.1 Å². The summed E-state index contributed by atoms with van der Waals surface area (Å²) in [6, 6.07) is 7.53. The van der Waals surface area contributed by atoms with Gasteiger partial charge in [-0.05, 0) is 19.1 Å². The minimum Gasteiger partial charge on any atom is -0.506 e. The number of para-hydroxylation sites is 2. The van der Waals surface area contributed by atoms with Crippen LogP contribution in [0.1, 0.15) is 37.4 Å². The molecule has 0 atom stereocenters. The van der Waals surface area contributed by atoms with Gasteiger partial charge in [0.05, 0.1) is 22.9 Å². The number of rotatable bonds is 5. The molecule has 7 heteroatoms. The normalized spacial score (nSPS) is 15.5. The summed E-state index contributed by atoms with van der Waals surface area (Å²) in [4.78, 5) is 14.0. The molecule has 2 heterocycles. The molecular formula is C20H29N5OS. The number of piperazine rings is 1. The third-order valence-corrected chi connectivity index (χ3v) is 5.78. The van der Waals surface area contributed by atoms with Gasteiger partial charge < -0.3 is 20.2 Å². The molecule has 3 rings (SSSR count). The number of hydrogen-bond donors (Lipinski definition) is 2. The number of nitrogens with zero attached hydrogens (tertiary/aromatic N) is 4. The zero-order chi connectivity index (χ0) is 19.2. The van der Waals surface area contributed by atoms with Crippen molar-refractivity contribution in [3.05, 3.63) is 40.3 Å². The van der Waals surface area contributed by atoms with Crippen molar-refractivity contribution in [3.8, 4) is 5.75 Å². The molecule has 0 radical (unpaired) electrons. The smallest absolute Gasteiger partial charge is 0.194 e. The van der Waals surface area contributed by atoms with Gasteiger partial charge in [0, 0.05) is 44.0 Å². The van der Waals surface area contributed by atoms with E-state index in [4.69, 9.17) is 4.99 Å². The Hall–Kier alpha value is -2.28. The number of aromatic nitrogens is 1. The van der Waals surface area contributed by atoms with Crippen molar-refractivity contribution in [2.24, 2.45) is 4.99 Å². The molecule has 27 heavy (non-hydrogen) atoms. The van der Waals surface area contributed by atoms with Crippen LogP contribution in [0, 0.1) is 0 Å². The number of phenolic OH excluding ortho intramolecular Hbond substituents is 1. The summed E-state index contributed by atoms with van der Waals surface area (Å²) in [5.41, 5.74) is 1.94. The molecule has 146 valence electrons. The van der Waals surface area contributed by atoms with Gasteiger partial charge in [0.2, 0.25) is 0 Å². The monoisotopic (exact) mass is 387 g/mol. The van der Waals surface area contributed by atoms with E-state index in [-0.39, 0.29) is 0 Å². The molecule has 1 aromatic carbocycles. The van der Waals surface area contributed by atoms with Crippen molar-refractivity contribution in [1.82, 2.24) is 15.2 Å². The highest BCUT2D eigenvalue weighted by Gasteiger charge is 2.21. The molecule has 0 unspecified atom stereocenters. The minimum atomic E-state index is 0.344. The first-order chi connectivity index (χ1) is 13.1. The molecule has 0 amide bonds. The number of guanidine groups is 1. The Balaban J connectivity index is 1.63. The average Bonchev–Trinajstić information content (AvgIpc) is 3.15. The van der Waals surface area contributed by atoms with Gasteiger partial charge in [-0.2, -0.15) is 0 Å². The second kappa shape index (κ2) is 9.08. The Labute approximate surface area is 165 Å². The lowest BCUT2D eigenvalue weighted by Crippen LogP contribution is -2.52. The lowest BCUT2D eigenvalue weighted by molar-refractivity contribution is 0.369. The van der Waals surface area contributed by atoms with Crippen LogP contribution in [0.4, 0.5) is 5.69 Å². The van der Waals surface area contributed by atoms with E-state index in [1.54, 1.807) is 17.4 Å². The van der Waals surface area contributed by atoms with E-state index in [1.165, 1.54) is 5.01 Å². The van der Waals surface area contributed by atoms with E-state index >= 15 is 0 Å². The van der Waals surface area contributed by atoms with Gasteiger partial charge in [0.25, 0.3) is 0 Å². The van der Waals surface area contributed by atoms with Crippen molar-refractivity contribution in [3.63, 3.8) is 0 Å². The van der Waals surface area contributed by atoms with Crippen LogP contribution in [0.15, 0.2) is 34.6 Å². The van der Waals surface area contributed by atoms with Gasteiger partial charge in [-0.1, -0.05) is 26.0 Å². The summed E-state index contributed by atoms with van der Waals surface area (Å²) in [5.74, 6) is 1.74. The summed E-state index contributed by atoms with van der Waals surface area (Å²) in [7, 11) is 0. The Kier molecular flexibility index (Phi) is 6.55. The topological polar surface area (TPSA) is 64.0 Å². The summed E-state index contributed by atoms with van der Waals surface area (Å²) >= 11 is 1.71. The number of benzene rings is 1. The van der Waals surface area contributed by atoms with Gasteiger partial charge in [0.1, 0.15) is 5.75 Å². The van der Waals surface area contributed by atoms with Crippen molar-refractivity contribution >= 4 is 23.0 Å². The second-order valence-corrected chi connectivity index (χ2v) is 7.85. The summed E-state index contributed by atoms with van der Waals surface area (Å²) in [6.07, 6.45) is 0. The van der Waals surface area contributed by atoms with Gasteiger partial charge in [-0.25, -0.2) is 9.98 Å². The zero-order valence-corrected chi connectivity index (χ0v) is 17.2. The van der Waals surface area contributed by atoms with Crippen LogP contribution in [0.5, 0.6) is 5.75 Å². The Bertz CT molecular complexity index is 765. The van der Waals surface area contributed by atoms with Crippen LogP contribution in [0.3, 0.4) is 0 Å². The molecule has 6 nitrogen and oxygen atoms in total. The number of aromatic hydroxyl groups is 1. The largest absolute Gasteiger partial charge is 0.506 e. The average molecular weight is 388 g/mol. The molecule has 1 fully saturated rings. The van der Waals surface area contributed by atoms with Crippen LogP contribution in [-0.4, -0.2) is 53.7 Å². The molecule has 2 N–H and O–H groups in total. The predicted molar refractivity (Wildman–Crippen MR) is 113 cm³/mol. The van der Waals surface area contributed by atoms with Crippen LogP contribution in [-0.2, 0) is 6.54 Å². The van der Waals surface area contributed by atoms with Crippen LogP contribution < -0.4 is 10.2 Å². The van der Waals surface area contributed by atoms with Crippen molar-refractivity contribution < 1.29 is 5.11 Å². The highest BCUT2D eigenvalue weighted by molar-refractivity contribution is 7.09. The molecule has 1 aliphatic rings. The number of aliphatic imine (C=N–C) groups is 1. The van der Waals surface area contributed by atoms with Gasteiger partial charge >= 0.3 is 0 Å². The van der Waals surface area contributed by atoms with Gasteiger partial charge in [-0.3, -0.25) is 0 Å². The lowest BCUT2D eigenvalue weighted by atomic mass is 10.2. The van der Waals surface area contributed by atoms with Crippen LogP contribution >= 0.6 is 11.3 Å². The van der Waals surface area contributed by atoms with E-state index in [2.05, 4.69) is 46.3 Å². The molecular weight excluding hydrogens is 358 g/mol. The summed E-state index contributed by atoms with van der Waals surface area (Å²) < 4.78 is 0. The van der Waals surface area contributed by atoms with Crippen LogP contribution in [0.2, 0.25) is 0 Å². The van der Waals surface area contributed by atoms with Crippen molar-refractivity contribution in [2.45, 2.75) is 33.2 Å². The molecule has 0 spiro atoms. The Morgan fingerprint density at radius 3 is 2.63 bits per heavy atom. The number of thiazole rings is 1. The standard InChI is InChI=1S/C20H29N5OS/c1-4-21-20(22-13-16-14-27-19(23-16)15(2)3)25-11-9-24(10-12-25)17-7-5-6-8-18(17)26/h5-8,14-15,26H,4,9-13H2,1-3H3,(H,21,22). The highest BCUT2D eigenvalue weighted by Crippen LogP contribution is 2.27. The number of hydrogen-bond acceptors (Lipinski definition) is 5. The fourth-order valence-electron chi connectivity index (χ4n) is 3.13. The van der Waals surface area contributed by atoms with E-state index in [0.29, 0.717) is 18.2 Å². The maximum Gasteiger partial charge on any atom is 0.194 e. The summed E-state index contributed by atoms with van der Waals surface area (Å²) in [6.45, 7) is 11.3. The first-order valence-corrected chi connectivity index (χ1v) is 10.5. The molecule has 1 saturated heterocycles. The third kappa shape index (κ3) is 4.91. The lowest BCUT2D eigenvalue weighted by Gasteiger charge is -2.37. The zero-order valence-electron chi connectivity index (χ0n) is 16.4. The van der Waals surface area contributed by atoms with Crippen LogP contribution in [0.25, 0.3) is 0 Å². The first kappa shape index (κ1) is 19.5. The molecule has 1 aromatic heterocycles. The third-order valence-electron chi connectivity index (χ3n) is 4.59. The summed E-state index contributed by atoms with van der Waals surface area (Å²) in [5, 5.41) is 16.8. The Morgan fingerprint density at radius 2 is 2.00 bits per heavy atom. The maximum atomic E-state index is 10.1. The fraction of sp³-hybridized carbons (Fsp3) is 0.500. The molecule has 0 saturated carbocycles. The molecule has 1 aliphatic heterocycles. The quantitative estimate of drug-likeness (QED) is 0.609. The Morgan fingerprint density at radius 1 is 1.26 bits per heavy atom. The van der Waals surface area contributed by atoms with E-state index in [9.17, 15) is 5.11 Å². The number of nitrogens with one attached hydrogen (secondary N) is 1. The maximum absolute atomic E-state index is 10.1. The SMILES string of the molecule is CCNC(=NCc1csc(C(C)C)n1)N1CCN(c2ccccc2O)CC1. The molecule has 0 aliphatic carbocycles. The first-order valence-electron chi connectivity index (χ1n) is 9.59. The second-order valence-electron chi connectivity index (χ2n) is 6.96. The van der Waals surface area contributed by atoms with E-state index in [1.807, 2.05) is 18.2 Å². The fourth-order valence-corrected chi connectivity index (χ4v) is 3.96. The molecule has 2 aromatic rings. The van der Waals surface area contributed by atoms with Gasteiger partial charge in [0.15, 0.2) is 5.96 Å². The van der Waals surface area contributed by atoms with Crippen molar-refractivity contribution in [1.29, 1.82) is 0 Å². The molecule has 0 bridgehead atoms. The van der Waals surface area contributed by atoms with Crippen molar-refractivity contribution in [2.75, 3.05) is 37.6 Å². The number of anilines is 1. The van der Waals surface area contributed by atoms with E-state index < -0.39 is 0 Å². The minimum absolute atomic E-state index is 0.344. The highest BCUT2D eigenvalue weighted by atomic mass is 32.1.